The van der Waals surface area contributed by atoms with Crippen molar-refractivity contribution in [1.82, 2.24) is 5.32 Å². The summed E-state index contributed by atoms with van der Waals surface area (Å²) in [6.45, 7) is 3.79. The van der Waals surface area contributed by atoms with Gasteiger partial charge in [0.25, 0.3) is 0 Å². The Morgan fingerprint density at radius 3 is 2.67 bits per heavy atom. The first-order chi connectivity index (χ1) is 8.47. The smallest absolute Gasteiger partial charge is 0.335 e. The Bertz CT molecular complexity index is 487. The van der Waals surface area contributed by atoms with Crippen molar-refractivity contribution in [3.8, 4) is 0 Å². The minimum atomic E-state index is -1.56. The molecule has 0 fully saturated rings. The molecule has 1 amide bonds. The number of amides is 1. The van der Waals surface area contributed by atoms with Gasteiger partial charge in [0.05, 0.1) is 16.4 Å². The quantitative estimate of drug-likeness (QED) is 0.836. The van der Waals surface area contributed by atoms with E-state index in [1.165, 1.54) is 18.2 Å². The number of nitrogens with one attached hydrogen (secondary N) is 1. The molecule has 1 aromatic carbocycles. The highest BCUT2D eigenvalue weighted by molar-refractivity contribution is 7.86. The van der Waals surface area contributed by atoms with Crippen molar-refractivity contribution in [3.63, 3.8) is 0 Å². The molecule has 2 unspecified atom stereocenters. The molecule has 0 saturated heterocycles. The summed E-state index contributed by atoms with van der Waals surface area (Å²) in [5.41, 5.74) is 0.0592. The lowest BCUT2D eigenvalue weighted by Crippen LogP contribution is -2.35. The van der Waals surface area contributed by atoms with Crippen molar-refractivity contribution >= 4 is 22.7 Å². The SMILES string of the molecule is CCNC(=O)C(C)S(=O)c1cccc(C(=O)O)c1. The number of benzene rings is 1. The molecular weight excluding hydrogens is 254 g/mol. The van der Waals surface area contributed by atoms with Crippen LogP contribution in [-0.4, -0.2) is 33.0 Å². The van der Waals surface area contributed by atoms with E-state index < -0.39 is 22.0 Å². The lowest BCUT2D eigenvalue weighted by molar-refractivity contribution is -0.120. The largest absolute Gasteiger partial charge is 0.478 e. The Kier molecular flexibility index (Phi) is 5.03. The van der Waals surface area contributed by atoms with Crippen LogP contribution in [0.5, 0.6) is 0 Å². The van der Waals surface area contributed by atoms with Crippen molar-refractivity contribution in [2.75, 3.05) is 6.54 Å². The molecule has 0 saturated carbocycles. The predicted molar refractivity (Wildman–Crippen MR) is 68.0 cm³/mol. The van der Waals surface area contributed by atoms with Crippen molar-refractivity contribution in [1.29, 1.82) is 0 Å². The van der Waals surface area contributed by atoms with Gasteiger partial charge in [-0.15, -0.1) is 0 Å². The number of hydrogen-bond donors (Lipinski definition) is 2. The highest BCUT2D eigenvalue weighted by atomic mass is 32.2. The van der Waals surface area contributed by atoms with Gasteiger partial charge in [0.1, 0.15) is 5.25 Å². The summed E-state index contributed by atoms with van der Waals surface area (Å²) in [5, 5.41) is 10.7. The molecule has 0 aliphatic heterocycles. The maximum Gasteiger partial charge on any atom is 0.335 e. The van der Waals surface area contributed by atoms with Gasteiger partial charge in [-0.1, -0.05) is 6.07 Å². The molecule has 6 heteroatoms. The molecule has 0 radical (unpaired) electrons. The Morgan fingerprint density at radius 1 is 1.44 bits per heavy atom. The molecule has 2 atom stereocenters. The zero-order chi connectivity index (χ0) is 13.7. The topological polar surface area (TPSA) is 83.5 Å². The number of aromatic carboxylic acids is 1. The van der Waals surface area contributed by atoms with Crippen molar-refractivity contribution in [2.24, 2.45) is 0 Å². The standard InChI is InChI=1S/C12H15NO4S/c1-3-13-11(14)8(2)18(17)10-6-4-5-9(7-10)12(15)16/h4-8H,3H2,1-2H3,(H,13,14)(H,15,16). The minimum absolute atomic E-state index is 0.0592. The zero-order valence-electron chi connectivity index (χ0n) is 10.2. The average Bonchev–Trinajstić information content (AvgIpc) is 2.37. The fourth-order valence-corrected chi connectivity index (χ4v) is 2.52. The second kappa shape index (κ2) is 6.30. The molecule has 0 aliphatic rings. The lowest BCUT2D eigenvalue weighted by atomic mass is 10.2. The van der Waals surface area contributed by atoms with Gasteiger partial charge < -0.3 is 10.4 Å². The van der Waals surface area contributed by atoms with E-state index in [0.29, 0.717) is 11.4 Å². The van der Waals surface area contributed by atoms with Crippen molar-refractivity contribution in [2.45, 2.75) is 24.0 Å². The van der Waals surface area contributed by atoms with Gasteiger partial charge in [-0.05, 0) is 32.0 Å². The first-order valence-corrected chi connectivity index (χ1v) is 6.70. The van der Waals surface area contributed by atoms with Crippen LogP contribution in [0.25, 0.3) is 0 Å². The molecule has 2 N–H and O–H groups in total. The zero-order valence-corrected chi connectivity index (χ0v) is 11.0. The third-order valence-electron chi connectivity index (χ3n) is 2.35. The van der Waals surface area contributed by atoms with Gasteiger partial charge in [-0.25, -0.2) is 4.79 Å². The van der Waals surface area contributed by atoms with Gasteiger partial charge in [-0.3, -0.25) is 9.00 Å². The van der Waals surface area contributed by atoms with Gasteiger partial charge in [0.15, 0.2) is 0 Å². The molecule has 0 bridgehead atoms. The summed E-state index contributed by atoms with van der Waals surface area (Å²) in [6.07, 6.45) is 0. The van der Waals surface area contributed by atoms with Crippen LogP contribution in [0.2, 0.25) is 0 Å². The van der Waals surface area contributed by atoms with E-state index >= 15 is 0 Å². The molecule has 18 heavy (non-hydrogen) atoms. The summed E-state index contributed by atoms with van der Waals surface area (Å²) in [5.74, 6) is -1.39. The van der Waals surface area contributed by atoms with Gasteiger partial charge in [-0.2, -0.15) is 0 Å². The van der Waals surface area contributed by atoms with Crippen LogP contribution in [-0.2, 0) is 15.6 Å². The second-order valence-corrected chi connectivity index (χ2v) is 5.44. The van der Waals surface area contributed by atoms with Crippen LogP contribution in [0.4, 0.5) is 0 Å². The fourth-order valence-electron chi connectivity index (χ4n) is 1.37. The van der Waals surface area contributed by atoms with E-state index in [9.17, 15) is 13.8 Å². The van der Waals surface area contributed by atoms with Gasteiger partial charge in [0, 0.05) is 11.4 Å². The molecule has 1 aromatic rings. The summed E-state index contributed by atoms with van der Waals surface area (Å²) in [6, 6.07) is 5.81. The molecule has 1 rings (SSSR count). The first kappa shape index (κ1) is 14.4. The van der Waals surface area contributed by atoms with E-state index in [2.05, 4.69) is 5.32 Å². The number of carbonyl (C=O) groups excluding carboxylic acids is 1. The second-order valence-electron chi connectivity index (χ2n) is 3.67. The van der Waals surface area contributed by atoms with E-state index in [-0.39, 0.29) is 11.5 Å². The van der Waals surface area contributed by atoms with Crippen LogP contribution in [0, 0.1) is 0 Å². The van der Waals surface area contributed by atoms with Crippen LogP contribution < -0.4 is 5.32 Å². The van der Waals surface area contributed by atoms with Crippen LogP contribution in [0.1, 0.15) is 24.2 Å². The Labute approximate surface area is 108 Å². The summed E-state index contributed by atoms with van der Waals surface area (Å²) >= 11 is 0. The Hall–Kier alpha value is -1.69. The highest BCUT2D eigenvalue weighted by Gasteiger charge is 2.21. The van der Waals surface area contributed by atoms with Crippen LogP contribution in [0.3, 0.4) is 0 Å². The number of carbonyl (C=O) groups is 2. The Morgan fingerprint density at radius 2 is 2.11 bits per heavy atom. The number of hydrogen-bond acceptors (Lipinski definition) is 3. The van der Waals surface area contributed by atoms with Crippen molar-refractivity contribution < 1.29 is 18.9 Å². The van der Waals surface area contributed by atoms with Gasteiger partial charge in [0.2, 0.25) is 5.91 Å². The number of rotatable bonds is 5. The fraction of sp³-hybridized carbons (Fsp3) is 0.333. The molecule has 98 valence electrons. The van der Waals surface area contributed by atoms with Crippen molar-refractivity contribution in [3.05, 3.63) is 29.8 Å². The minimum Gasteiger partial charge on any atom is -0.478 e. The predicted octanol–water partition coefficient (Wildman–Crippen LogP) is 1.02. The summed E-state index contributed by atoms with van der Waals surface area (Å²) in [4.78, 5) is 22.7. The number of carboxylic acids is 1. The van der Waals surface area contributed by atoms with E-state index in [0.717, 1.165) is 0 Å². The highest BCUT2D eigenvalue weighted by Crippen LogP contribution is 2.13. The third-order valence-corrected chi connectivity index (χ3v) is 3.93. The molecule has 0 aromatic heterocycles. The molecule has 0 aliphatic carbocycles. The molecule has 5 nitrogen and oxygen atoms in total. The van der Waals surface area contributed by atoms with Gasteiger partial charge >= 0.3 is 5.97 Å². The van der Waals surface area contributed by atoms with E-state index in [1.807, 2.05) is 0 Å². The summed E-state index contributed by atoms with van der Waals surface area (Å²) < 4.78 is 12.1. The molecule has 0 spiro atoms. The van der Waals surface area contributed by atoms with E-state index in [4.69, 9.17) is 5.11 Å². The van der Waals surface area contributed by atoms with Crippen LogP contribution in [0.15, 0.2) is 29.2 Å². The maximum absolute atomic E-state index is 12.1. The molecular formula is C12H15NO4S. The van der Waals surface area contributed by atoms with E-state index in [1.54, 1.807) is 19.9 Å². The van der Waals surface area contributed by atoms with Crippen LogP contribution >= 0.6 is 0 Å². The lowest BCUT2D eigenvalue weighted by Gasteiger charge is -2.11. The Balaban J connectivity index is 2.93. The molecule has 0 heterocycles. The summed E-state index contributed by atoms with van der Waals surface area (Å²) in [7, 11) is -1.56. The normalized spacial score (nSPS) is 13.7. The maximum atomic E-state index is 12.1. The third kappa shape index (κ3) is 3.40. The number of carboxylic acid groups (broad SMARTS) is 1. The monoisotopic (exact) mass is 269 g/mol. The first-order valence-electron chi connectivity index (χ1n) is 5.49. The average molecular weight is 269 g/mol.